The van der Waals surface area contributed by atoms with Gasteiger partial charge in [-0.15, -0.1) is 0 Å². The molecule has 10 heavy (non-hydrogen) atoms. The zero-order chi connectivity index (χ0) is 7.40. The van der Waals surface area contributed by atoms with Gasteiger partial charge in [-0.1, -0.05) is 0 Å². The summed E-state index contributed by atoms with van der Waals surface area (Å²) in [5.41, 5.74) is 0. The van der Waals surface area contributed by atoms with Crippen molar-refractivity contribution in [2.75, 3.05) is 0 Å². The van der Waals surface area contributed by atoms with E-state index in [1.165, 1.54) is 0 Å². The lowest BCUT2D eigenvalue weighted by Crippen LogP contribution is -2.32. The minimum atomic E-state index is -0.635. The van der Waals surface area contributed by atoms with Crippen LogP contribution in [0.3, 0.4) is 0 Å². The van der Waals surface area contributed by atoms with Gasteiger partial charge in [-0.05, 0) is 25.7 Å². The van der Waals surface area contributed by atoms with Gasteiger partial charge < -0.3 is 5.32 Å². The normalized spacial score (nSPS) is 33.3. The predicted molar refractivity (Wildman–Crippen MR) is 36.4 cm³/mol. The number of hydrogen-bond acceptors (Lipinski definition) is 1. The Labute approximate surface area is 59.8 Å². The first-order valence-electron chi connectivity index (χ1n) is 3.66. The lowest BCUT2D eigenvalue weighted by Gasteiger charge is -2.22. The number of rotatable bonds is 2. The Hall–Kier alpha value is -0.600. The first-order valence-corrected chi connectivity index (χ1v) is 3.66. The number of alkyl halides is 1. The van der Waals surface area contributed by atoms with Crippen molar-refractivity contribution in [1.29, 1.82) is 0 Å². The van der Waals surface area contributed by atoms with E-state index in [9.17, 15) is 9.18 Å². The fraction of sp³-hybridized carbons (Fsp3) is 0.857. The van der Waals surface area contributed by atoms with E-state index in [4.69, 9.17) is 0 Å². The second-order valence-corrected chi connectivity index (χ2v) is 2.73. The lowest BCUT2D eigenvalue weighted by atomic mass is 9.94. The van der Waals surface area contributed by atoms with E-state index in [1.807, 2.05) is 0 Å². The minimum Gasteiger partial charge on any atom is -0.356 e. The van der Waals surface area contributed by atoms with Gasteiger partial charge in [0.25, 0.3) is 0 Å². The molecule has 0 aromatic rings. The van der Waals surface area contributed by atoms with E-state index in [1.54, 1.807) is 0 Å². The summed E-state index contributed by atoms with van der Waals surface area (Å²) in [4.78, 5) is 9.95. The zero-order valence-electron chi connectivity index (χ0n) is 5.85. The summed E-state index contributed by atoms with van der Waals surface area (Å²) in [5, 5.41) is 2.66. The molecule has 1 rings (SSSR count). The van der Waals surface area contributed by atoms with Gasteiger partial charge in [0.05, 0.1) is 0 Å². The summed E-state index contributed by atoms with van der Waals surface area (Å²) >= 11 is 0. The van der Waals surface area contributed by atoms with Crippen LogP contribution >= 0.6 is 0 Å². The molecule has 0 radical (unpaired) electrons. The van der Waals surface area contributed by atoms with Gasteiger partial charge in [-0.3, -0.25) is 4.79 Å². The van der Waals surface area contributed by atoms with Gasteiger partial charge in [-0.2, -0.15) is 0 Å². The molecule has 1 aliphatic rings. The summed E-state index contributed by atoms with van der Waals surface area (Å²) in [7, 11) is 0. The maximum absolute atomic E-state index is 12.5. The van der Waals surface area contributed by atoms with E-state index < -0.39 is 6.17 Å². The van der Waals surface area contributed by atoms with Gasteiger partial charge in [0.15, 0.2) is 0 Å². The molecule has 0 heterocycles. The van der Waals surface area contributed by atoms with E-state index in [-0.39, 0.29) is 6.04 Å². The third-order valence-corrected chi connectivity index (χ3v) is 1.96. The highest BCUT2D eigenvalue weighted by Crippen LogP contribution is 2.20. The van der Waals surface area contributed by atoms with E-state index >= 15 is 0 Å². The molecule has 1 fully saturated rings. The largest absolute Gasteiger partial charge is 0.356 e. The van der Waals surface area contributed by atoms with Crippen molar-refractivity contribution in [3.8, 4) is 0 Å². The Balaban J connectivity index is 2.19. The number of halogens is 1. The molecule has 58 valence electrons. The maximum Gasteiger partial charge on any atom is 0.207 e. The second-order valence-electron chi connectivity index (χ2n) is 2.73. The smallest absolute Gasteiger partial charge is 0.207 e. The Bertz CT molecular complexity index is 110. The van der Waals surface area contributed by atoms with Crippen LogP contribution in [0.15, 0.2) is 0 Å². The van der Waals surface area contributed by atoms with Crippen LogP contribution in [0.25, 0.3) is 0 Å². The van der Waals surface area contributed by atoms with Crippen LogP contribution in [0.4, 0.5) is 4.39 Å². The van der Waals surface area contributed by atoms with Crippen molar-refractivity contribution in [2.45, 2.75) is 37.9 Å². The van der Waals surface area contributed by atoms with Gasteiger partial charge in [-0.25, -0.2) is 4.39 Å². The number of nitrogens with one attached hydrogen (secondary N) is 1. The summed E-state index contributed by atoms with van der Waals surface area (Å²) in [6, 6.07) is 0.226. The van der Waals surface area contributed by atoms with Crippen molar-refractivity contribution < 1.29 is 9.18 Å². The van der Waals surface area contributed by atoms with Crippen molar-refractivity contribution in [3.05, 3.63) is 0 Å². The topological polar surface area (TPSA) is 29.1 Å². The Morgan fingerprint density at radius 3 is 2.40 bits per heavy atom. The molecule has 1 amide bonds. The molecule has 0 atom stereocenters. The number of amides is 1. The van der Waals surface area contributed by atoms with Crippen LogP contribution in [0.1, 0.15) is 25.7 Å². The maximum atomic E-state index is 12.5. The molecule has 3 heteroatoms. The molecular weight excluding hydrogens is 133 g/mol. The quantitative estimate of drug-likeness (QED) is 0.577. The third kappa shape index (κ3) is 1.97. The average Bonchev–Trinajstić information content (AvgIpc) is 1.95. The van der Waals surface area contributed by atoms with Crippen LogP contribution in [-0.4, -0.2) is 18.6 Å². The zero-order valence-corrected chi connectivity index (χ0v) is 5.85. The fourth-order valence-corrected chi connectivity index (χ4v) is 1.32. The predicted octanol–water partition coefficient (Wildman–Crippen LogP) is 1.01. The molecular formula is C7H12FNO. The van der Waals surface area contributed by atoms with Crippen molar-refractivity contribution in [2.24, 2.45) is 0 Å². The van der Waals surface area contributed by atoms with Crippen molar-refractivity contribution in [3.63, 3.8) is 0 Å². The number of carbonyl (C=O) groups is 1. The Kier molecular flexibility index (Phi) is 2.66. The average molecular weight is 145 g/mol. The number of hydrogen-bond donors (Lipinski definition) is 1. The van der Waals surface area contributed by atoms with Gasteiger partial charge in [0.2, 0.25) is 6.41 Å². The third-order valence-electron chi connectivity index (χ3n) is 1.96. The summed E-state index contributed by atoms with van der Waals surface area (Å²) in [6.45, 7) is 0. The first-order chi connectivity index (χ1) is 4.83. The molecule has 0 unspecified atom stereocenters. The molecule has 2 nitrogen and oxygen atoms in total. The highest BCUT2D eigenvalue weighted by Gasteiger charge is 2.19. The van der Waals surface area contributed by atoms with Crippen LogP contribution in [0, 0.1) is 0 Å². The highest BCUT2D eigenvalue weighted by molar-refractivity contribution is 5.46. The molecule has 1 N–H and O–H groups in total. The standard InChI is InChI=1S/C7H12FNO/c8-6-1-3-7(4-2-6)9-5-10/h5-7H,1-4H2,(H,9,10). The van der Waals surface area contributed by atoms with Crippen LogP contribution in [-0.2, 0) is 4.79 Å². The van der Waals surface area contributed by atoms with Gasteiger partial charge >= 0.3 is 0 Å². The summed E-state index contributed by atoms with van der Waals surface area (Å²) < 4.78 is 12.5. The molecule has 0 aliphatic heterocycles. The molecule has 0 bridgehead atoms. The van der Waals surface area contributed by atoms with Crippen LogP contribution in [0.5, 0.6) is 0 Å². The molecule has 0 aromatic heterocycles. The van der Waals surface area contributed by atoms with Gasteiger partial charge in [0.1, 0.15) is 6.17 Å². The summed E-state index contributed by atoms with van der Waals surface area (Å²) in [5.74, 6) is 0. The molecule has 0 spiro atoms. The number of carbonyl (C=O) groups excluding carboxylic acids is 1. The Morgan fingerprint density at radius 1 is 1.30 bits per heavy atom. The second kappa shape index (κ2) is 3.54. The van der Waals surface area contributed by atoms with E-state index in [0.717, 1.165) is 12.8 Å². The van der Waals surface area contributed by atoms with Crippen molar-refractivity contribution in [1.82, 2.24) is 5.32 Å². The molecule has 0 saturated heterocycles. The van der Waals surface area contributed by atoms with Crippen molar-refractivity contribution >= 4 is 6.41 Å². The fourth-order valence-electron chi connectivity index (χ4n) is 1.32. The van der Waals surface area contributed by atoms with E-state index in [2.05, 4.69) is 5.32 Å². The first kappa shape index (κ1) is 7.51. The summed E-state index contributed by atoms with van der Waals surface area (Å²) in [6.07, 6.45) is 2.85. The monoisotopic (exact) mass is 145 g/mol. The molecule has 0 aromatic carbocycles. The SMILES string of the molecule is O=CNC1CCC(F)CC1. The van der Waals surface area contributed by atoms with E-state index in [0.29, 0.717) is 19.3 Å². The highest BCUT2D eigenvalue weighted by atomic mass is 19.1. The Morgan fingerprint density at radius 2 is 1.90 bits per heavy atom. The minimum absolute atomic E-state index is 0.226. The lowest BCUT2D eigenvalue weighted by molar-refractivity contribution is -0.110. The van der Waals surface area contributed by atoms with Crippen LogP contribution in [0.2, 0.25) is 0 Å². The molecule has 1 aliphatic carbocycles. The van der Waals surface area contributed by atoms with Gasteiger partial charge in [0, 0.05) is 6.04 Å². The molecule has 1 saturated carbocycles. The van der Waals surface area contributed by atoms with Crippen LogP contribution < -0.4 is 5.32 Å².